The number of likely N-dealkylation sites (tertiary alicyclic amines) is 1. The first-order valence-corrected chi connectivity index (χ1v) is 16.8. The van der Waals surface area contributed by atoms with E-state index in [1.54, 1.807) is 21.3 Å². The number of hydrazine groups is 1. The smallest absolute Gasteiger partial charge is 0.342 e. The van der Waals surface area contributed by atoms with Crippen LogP contribution in [0.5, 0.6) is 0 Å². The van der Waals surface area contributed by atoms with Crippen molar-refractivity contribution in [1.82, 2.24) is 30.3 Å². The summed E-state index contributed by atoms with van der Waals surface area (Å²) in [6, 6.07) is -2.65. The number of fused-ring (bicyclic) bond motifs is 1. The molecular weight excluding hydrogens is 561 g/mol. The van der Waals surface area contributed by atoms with Crippen molar-refractivity contribution in [2.75, 3.05) is 39.8 Å². The lowest BCUT2D eigenvalue weighted by molar-refractivity contribution is -0.172. The quantitative estimate of drug-likeness (QED) is 0.443. The maximum Gasteiger partial charge on any atom is 0.406 e. The Labute approximate surface area is 241 Å². The molecule has 4 aliphatic heterocycles. The van der Waals surface area contributed by atoms with Crippen LogP contribution in [0.25, 0.3) is 0 Å². The van der Waals surface area contributed by atoms with Gasteiger partial charge in [-0.15, -0.1) is 0 Å². The fourth-order valence-corrected chi connectivity index (χ4v) is 9.93. The third-order valence-corrected chi connectivity index (χ3v) is 12.7. The molecule has 41 heavy (non-hydrogen) atoms. The van der Waals surface area contributed by atoms with Crippen molar-refractivity contribution in [3.05, 3.63) is 0 Å². The molecule has 4 unspecified atom stereocenters. The molecule has 5 rings (SSSR count). The summed E-state index contributed by atoms with van der Waals surface area (Å²) in [5.74, 6) is -1.14. The molecule has 5 aliphatic rings. The number of hydrogen-bond acceptors (Lipinski definition) is 6. The van der Waals surface area contributed by atoms with Crippen LogP contribution in [0.4, 0.5) is 18.0 Å². The van der Waals surface area contributed by atoms with Gasteiger partial charge in [0.05, 0.1) is 11.2 Å². The van der Waals surface area contributed by atoms with Crippen LogP contribution in [0.3, 0.4) is 0 Å². The Balaban J connectivity index is 1.18. The molecule has 4 saturated heterocycles. The Kier molecular flexibility index (Phi) is 9.42. The Hall–Kier alpha value is -1.64. The van der Waals surface area contributed by atoms with Crippen molar-refractivity contribution in [2.24, 2.45) is 17.8 Å². The second-order valence-electron chi connectivity index (χ2n) is 12.6. The lowest BCUT2D eigenvalue weighted by Crippen LogP contribution is -2.51. The van der Waals surface area contributed by atoms with Crippen molar-refractivity contribution in [3.63, 3.8) is 0 Å². The molecule has 0 aromatic carbocycles. The molecule has 5 fully saturated rings. The van der Waals surface area contributed by atoms with Crippen LogP contribution in [0, 0.1) is 17.8 Å². The lowest BCUT2D eigenvalue weighted by atomic mass is 9.74. The number of amides is 3. The molecule has 10 nitrogen and oxygen atoms in total. The number of alkyl halides is 3. The third kappa shape index (κ3) is 6.65. The fraction of sp³-hybridized carbons (Fsp3) is 0.926. The summed E-state index contributed by atoms with van der Waals surface area (Å²) in [6.45, 7) is 2.35. The second kappa shape index (κ2) is 12.5. The molecule has 0 radical (unpaired) electrons. The van der Waals surface area contributed by atoms with Crippen LogP contribution in [0.2, 0.25) is 0 Å². The van der Waals surface area contributed by atoms with Crippen molar-refractivity contribution in [1.29, 1.82) is 0 Å². The van der Waals surface area contributed by atoms with E-state index in [0.717, 1.165) is 25.7 Å². The maximum atomic E-state index is 14.1. The van der Waals surface area contributed by atoms with Crippen LogP contribution < -0.4 is 16.1 Å². The SMILES string of the molecule is CNC(=O)NC1CCC(S(=O)(=O)N2CCC(C3CCN4NC(C(F)(F)F)C(C(=O)N5CCCCC5)C4C3)CC2)CC1. The zero-order valence-electron chi connectivity index (χ0n) is 23.9. The Morgan fingerprint density at radius 3 is 2.10 bits per heavy atom. The van der Waals surface area contributed by atoms with E-state index in [1.807, 2.05) is 0 Å². The van der Waals surface area contributed by atoms with Crippen LogP contribution in [-0.4, -0.2) is 104 Å². The summed E-state index contributed by atoms with van der Waals surface area (Å²) in [4.78, 5) is 26.7. The van der Waals surface area contributed by atoms with E-state index in [2.05, 4.69) is 16.1 Å². The molecule has 0 spiro atoms. The number of halogens is 3. The van der Waals surface area contributed by atoms with Gasteiger partial charge >= 0.3 is 12.2 Å². The summed E-state index contributed by atoms with van der Waals surface area (Å²) in [6.07, 6.45) is 3.03. The maximum absolute atomic E-state index is 14.1. The number of carbonyl (C=O) groups excluding carboxylic acids is 2. The summed E-state index contributed by atoms with van der Waals surface area (Å²) < 4.78 is 70.7. The monoisotopic (exact) mass is 606 g/mol. The predicted molar refractivity (Wildman–Crippen MR) is 147 cm³/mol. The first-order valence-electron chi connectivity index (χ1n) is 15.3. The van der Waals surface area contributed by atoms with Crippen molar-refractivity contribution in [2.45, 2.75) is 100 Å². The van der Waals surface area contributed by atoms with Gasteiger partial charge in [-0.2, -0.15) is 13.2 Å². The van der Waals surface area contributed by atoms with E-state index < -0.39 is 39.5 Å². The number of carbonyl (C=O) groups is 2. The molecule has 0 bridgehead atoms. The Morgan fingerprint density at radius 1 is 0.854 bits per heavy atom. The highest BCUT2D eigenvalue weighted by molar-refractivity contribution is 7.89. The number of hydrogen-bond donors (Lipinski definition) is 3. The van der Waals surface area contributed by atoms with Gasteiger partial charge in [-0.1, -0.05) is 0 Å². The third-order valence-electron chi connectivity index (χ3n) is 10.3. The summed E-state index contributed by atoms with van der Waals surface area (Å²) >= 11 is 0. The molecule has 4 heterocycles. The topological polar surface area (TPSA) is 114 Å². The van der Waals surface area contributed by atoms with Gasteiger partial charge in [-0.25, -0.2) is 28.0 Å². The van der Waals surface area contributed by atoms with Crippen LogP contribution in [0.1, 0.15) is 70.6 Å². The van der Waals surface area contributed by atoms with Crippen LogP contribution in [-0.2, 0) is 14.8 Å². The van der Waals surface area contributed by atoms with E-state index in [4.69, 9.17) is 0 Å². The number of urea groups is 1. The highest BCUT2D eigenvalue weighted by Gasteiger charge is 2.59. The van der Waals surface area contributed by atoms with Crippen molar-refractivity contribution < 1.29 is 31.2 Å². The molecule has 0 aromatic rings. The first-order chi connectivity index (χ1) is 19.5. The molecule has 4 atom stereocenters. The second-order valence-corrected chi connectivity index (χ2v) is 14.8. The van der Waals surface area contributed by atoms with Gasteiger partial charge in [0.25, 0.3) is 0 Å². The first kappa shape index (κ1) is 30.8. The zero-order chi connectivity index (χ0) is 29.4. The normalized spacial score (nSPS) is 34.7. The van der Waals surface area contributed by atoms with E-state index >= 15 is 0 Å². The van der Waals surface area contributed by atoms with E-state index in [0.29, 0.717) is 77.7 Å². The number of sulfonamides is 1. The van der Waals surface area contributed by atoms with Crippen LogP contribution in [0.15, 0.2) is 0 Å². The lowest BCUT2D eigenvalue weighted by Gasteiger charge is -2.43. The molecule has 3 N–H and O–H groups in total. The van der Waals surface area contributed by atoms with E-state index in [9.17, 15) is 31.2 Å². The Morgan fingerprint density at radius 2 is 1.49 bits per heavy atom. The highest BCUT2D eigenvalue weighted by Crippen LogP contribution is 2.44. The zero-order valence-corrected chi connectivity index (χ0v) is 24.7. The van der Waals surface area contributed by atoms with Crippen molar-refractivity contribution in [3.8, 4) is 0 Å². The molecule has 234 valence electrons. The molecule has 1 aliphatic carbocycles. The van der Waals surface area contributed by atoms with Gasteiger partial charge < -0.3 is 15.5 Å². The number of nitrogens with zero attached hydrogens (tertiary/aromatic N) is 3. The largest absolute Gasteiger partial charge is 0.406 e. The number of nitrogens with one attached hydrogen (secondary N) is 3. The van der Waals surface area contributed by atoms with Gasteiger partial charge in [0.2, 0.25) is 15.9 Å². The Bertz CT molecular complexity index is 1040. The summed E-state index contributed by atoms with van der Waals surface area (Å²) in [7, 11) is -1.90. The molecule has 1 saturated carbocycles. The van der Waals surface area contributed by atoms with Gasteiger partial charge in [-0.05, 0) is 82.5 Å². The predicted octanol–water partition coefficient (Wildman–Crippen LogP) is 2.43. The number of rotatable bonds is 5. The number of piperidine rings is 3. The van der Waals surface area contributed by atoms with Gasteiger partial charge in [0.1, 0.15) is 6.04 Å². The average Bonchev–Trinajstić information content (AvgIpc) is 3.37. The van der Waals surface area contributed by atoms with E-state index in [-0.39, 0.29) is 29.8 Å². The standard InChI is InChI=1S/C27H45F3N6O4S/c1-31-26(38)32-20-5-7-21(8-6-20)41(39,40)35-14-9-18(10-15-35)19-11-16-36-22(17-19)23(24(33-36)27(28,29)30)25(37)34-12-3-2-4-13-34/h18-24,33H,2-17H2,1H3,(H2,31,32,38). The van der Waals surface area contributed by atoms with Crippen molar-refractivity contribution >= 4 is 22.0 Å². The van der Waals surface area contributed by atoms with Gasteiger partial charge in [-0.3, -0.25) is 4.79 Å². The molecule has 3 amide bonds. The fourth-order valence-electron chi connectivity index (χ4n) is 7.92. The molecule has 0 aromatic heterocycles. The minimum absolute atomic E-state index is 0.0226. The molecular formula is C27H45F3N6O4S. The summed E-state index contributed by atoms with van der Waals surface area (Å²) in [5.41, 5.74) is 2.65. The van der Waals surface area contributed by atoms with E-state index in [1.165, 1.54) is 0 Å². The molecule has 14 heteroatoms. The average molecular weight is 607 g/mol. The summed E-state index contributed by atoms with van der Waals surface area (Å²) in [5, 5.41) is 6.61. The van der Waals surface area contributed by atoms with Gasteiger partial charge in [0, 0.05) is 51.9 Å². The van der Waals surface area contributed by atoms with Gasteiger partial charge in [0.15, 0.2) is 0 Å². The van der Waals surface area contributed by atoms with Crippen LogP contribution >= 0.6 is 0 Å². The minimum Gasteiger partial charge on any atom is -0.342 e. The highest BCUT2D eigenvalue weighted by atomic mass is 32.2. The minimum atomic E-state index is -4.51.